The molecule has 4 aromatic rings. The highest BCUT2D eigenvalue weighted by molar-refractivity contribution is 6.07. The Morgan fingerprint density at radius 1 is 0.533 bits per heavy atom. The van der Waals surface area contributed by atoms with Crippen LogP contribution in [0.1, 0.15) is 24.0 Å². The van der Waals surface area contributed by atoms with Crippen LogP contribution < -0.4 is 0 Å². The van der Waals surface area contributed by atoms with E-state index < -0.39 is 11.9 Å². The predicted molar refractivity (Wildman–Crippen MR) is 119 cm³/mol. The van der Waals surface area contributed by atoms with Gasteiger partial charge < -0.3 is 10.2 Å². The molecule has 0 aromatic heterocycles. The zero-order valence-electron chi connectivity index (χ0n) is 16.5. The molecule has 0 aliphatic rings. The fourth-order valence-corrected chi connectivity index (χ4v) is 4.11. The Bertz CT molecular complexity index is 1160. The van der Waals surface area contributed by atoms with E-state index in [4.69, 9.17) is 10.2 Å². The second-order valence-electron chi connectivity index (χ2n) is 7.42. The van der Waals surface area contributed by atoms with Crippen LogP contribution in [-0.2, 0) is 22.4 Å². The zero-order chi connectivity index (χ0) is 21.1. The molecule has 0 bridgehead atoms. The summed E-state index contributed by atoms with van der Waals surface area (Å²) in [5.74, 6) is -1.60. The Morgan fingerprint density at radius 3 is 1.27 bits per heavy atom. The first-order chi connectivity index (χ1) is 14.5. The Balaban J connectivity index is 1.87. The molecule has 30 heavy (non-hydrogen) atoms. The van der Waals surface area contributed by atoms with Crippen LogP contribution in [-0.4, -0.2) is 22.2 Å². The first kappa shape index (κ1) is 19.6. The zero-order valence-corrected chi connectivity index (χ0v) is 16.5. The lowest BCUT2D eigenvalue weighted by Gasteiger charge is -2.15. The van der Waals surface area contributed by atoms with Gasteiger partial charge in [-0.3, -0.25) is 9.59 Å². The number of carbonyl (C=O) groups is 2. The van der Waals surface area contributed by atoms with Crippen molar-refractivity contribution in [2.45, 2.75) is 25.7 Å². The second kappa shape index (κ2) is 8.37. The van der Waals surface area contributed by atoms with Gasteiger partial charge in [-0.05, 0) is 56.6 Å². The molecule has 0 atom stereocenters. The van der Waals surface area contributed by atoms with Crippen LogP contribution in [0.25, 0.3) is 32.7 Å². The van der Waals surface area contributed by atoms with Crippen molar-refractivity contribution in [2.75, 3.05) is 0 Å². The molecule has 0 saturated heterocycles. The summed E-state index contributed by atoms with van der Waals surface area (Å²) in [7, 11) is 0. The summed E-state index contributed by atoms with van der Waals surface area (Å²) in [6.45, 7) is 0. The van der Waals surface area contributed by atoms with Crippen LogP contribution in [0.3, 0.4) is 0 Å². The third-order valence-corrected chi connectivity index (χ3v) is 5.54. The van der Waals surface area contributed by atoms with Gasteiger partial charge in [0, 0.05) is 12.8 Å². The third-order valence-electron chi connectivity index (χ3n) is 5.54. The molecular formula is C26H22O4. The highest BCUT2D eigenvalue weighted by Gasteiger charge is 2.13. The van der Waals surface area contributed by atoms with Crippen LogP contribution in [0.15, 0.2) is 72.8 Å². The molecule has 4 heteroatoms. The van der Waals surface area contributed by atoms with Gasteiger partial charge in [0.1, 0.15) is 0 Å². The summed E-state index contributed by atoms with van der Waals surface area (Å²) >= 11 is 0. The van der Waals surface area contributed by atoms with Crippen molar-refractivity contribution in [1.82, 2.24) is 0 Å². The van der Waals surface area contributed by atoms with E-state index in [-0.39, 0.29) is 12.8 Å². The fourth-order valence-electron chi connectivity index (χ4n) is 4.11. The van der Waals surface area contributed by atoms with E-state index in [2.05, 4.69) is 24.3 Å². The van der Waals surface area contributed by atoms with Gasteiger partial charge in [0.2, 0.25) is 0 Å². The van der Waals surface area contributed by atoms with Crippen molar-refractivity contribution in [1.29, 1.82) is 0 Å². The van der Waals surface area contributed by atoms with Gasteiger partial charge in [0.05, 0.1) is 0 Å². The average Bonchev–Trinajstić information content (AvgIpc) is 2.75. The average molecular weight is 398 g/mol. The molecule has 0 aliphatic heterocycles. The molecule has 0 amide bonds. The number of benzene rings is 4. The Labute approximate surface area is 174 Å². The quantitative estimate of drug-likeness (QED) is 0.419. The number of carboxylic acids is 2. The first-order valence-electron chi connectivity index (χ1n) is 10.00. The van der Waals surface area contributed by atoms with E-state index in [9.17, 15) is 9.59 Å². The molecule has 4 aromatic carbocycles. The minimum Gasteiger partial charge on any atom is -0.481 e. The van der Waals surface area contributed by atoms with Crippen molar-refractivity contribution >= 4 is 33.5 Å². The summed E-state index contributed by atoms with van der Waals surface area (Å²) in [5, 5.41) is 22.4. The van der Waals surface area contributed by atoms with Crippen LogP contribution in [0.4, 0.5) is 0 Å². The normalized spacial score (nSPS) is 11.1. The maximum atomic E-state index is 11.0. The van der Waals surface area contributed by atoms with Gasteiger partial charge in [0.15, 0.2) is 0 Å². The number of aryl methyl sites for hydroxylation is 2. The largest absolute Gasteiger partial charge is 0.481 e. The maximum absolute atomic E-state index is 11.0. The number of hydrogen-bond acceptors (Lipinski definition) is 2. The van der Waals surface area contributed by atoms with E-state index in [1.807, 2.05) is 48.5 Å². The lowest BCUT2D eigenvalue weighted by molar-refractivity contribution is -0.138. The number of fused-ring (bicyclic) bond motifs is 2. The molecular weight excluding hydrogens is 376 g/mol. The minimum atomic E-state index is -0.800. The number of rotatable bonds is 7. The highest BCUT2D eigenvalue weighted by Crippen LogP contribution is 2.36. The van der Waals surface area contributed by atoms with Crippen molar-refractivity contribution in [2.24, 2.45) is 0 Å². The Kier molecular flexibility index (Phi) is 5.48. The van der Waals surface area contributed by atoms with Gasteiger partial charge in [-0.25, -0.2) is 0 Å². The molecule has 4 nitrogen and oxygen atoms in total. The summed E-state index contributed by atoms with van der Waals surface area (Å²) in [6, 6.07) is 24.3. The van der Waals surface area contributed by atoms with E-state index >= 15 is 0 Å². The summed E-state index contributed by atoms with van der Waals surface area (Å²) in [4.78, 5) is 22.1. The van der Waals surface area contributed by atoms with Crippen LogP contribution in [0.5, 0.6) is 0 Å². The molecule has 0 spiro atoms. The summed E-state index contributed by atoms with van der Waals surface area (Å²) in [5.41, 5.74) is 4.23. The lowest BCUT2D eigenvalue weighted by atomic mass is 9.89. The van der Waals surface area contributed by atoms with Crippen molar-refractivity contribution in [3.8, 4) is 11.1 Å². The number of aliphatic carboxylic acids is 2. The predicted octanol–water partition coefficient (Wildman–Crippen LogP) is 5.69. The molecule has 0 aliphatic carbocycles. The molecule has 4 rings (SSSR count). The topological polar surface area (TPSA) is 74.6 Å². The highest BCUT2D eigenvalue weighted by atomic mass is 16.4. The van der Waals surface area contributed by atoms with E-state index in [1.165, 1.54) is 0 Å². The van der Waals surface area contributed by atoms with Crippen molar-refractivity contribution in [3.63, 3.8) is 0 Å². The SMILES string of the molecule is O=C(O)CCc1ccc(-c2ccc(CCC(=O)O)c3ccccc23)c2ccccc12. The standard InChI is InChI=1S/C26H22O4/c27-25(28)15-11-17-9-13-23(21-7-3-1-5-19(17)21)24-14-10-18(12-16-26(29)30)20-6-2-4-8-22(20)24/h1-10,13-14H,11-12,15-16H2,(H,27,28)(H,29,30). The van der Waals surface area contributed by atoms with E-state index in [0.29, 0.717) is 12.8 Å². The van der Waals surface area contributed by atoms with E-state index in [0.717, 1.165) is 43.8 Å². The monoisotopic (exact) mass is 398 g/mol. The Morgan fingerprint density at radius 2 is 0.900 bits per heavy atom. The smallest absolute Gasteiger partial charge is 0.303 e. The molecule has 0 radical (unpaired) electrons. The maximum Gasteiger partial charge on any atom is 0.303 e. The third kappa shape index (κ3) is 3.90. The van der Waals surface area contributed by atoms with Crippen molar-refractivity contribution in [3.05, 3.63) is 83.9 Å². The van der Waals surface area contributed by atoms with Gasteiger partial charge in [-0.15, -0.1) is 0 Å². The van der Waals surface area contributed by atoms with E-state index in [1.54, 1.807) is 0 Å². The summed E-state index contributed by atoms with van der Waals surface area (Å²) < 4.78 is 0. The molecule has 0 unspecified atom stereocenters. The van der Waals surface area contributed by atoms with Gasteiger partial charge in [-0.2, -0.15) is 0 Å². The van der Waals surface area contributed by atoms with Gasteiger partial charge in [0.25, 0.3) is 0 Å². The first-order valence-corrected chi connectivity index (χ1v) is 10.00. The molecule has 0 saturated carbocycles. The van der Waals surface area contributed by atoms with Gasteiger partial charge >= 0.3 is 11.9 Å². The number of carboxylic acid groups (broad SMARTS) is 2. The fraction of sp³-hybridized carbons (Fsp3) is 0.154. The second-order valence-corrected chi connectivity index (χ2v) is 7.42. The Hall–Kier alpha value is -3.66. The van der Waals surface area contributed by atoms with Crippen molar-refractivity contribution < 1.29 is 19.8 Å². The molecule has 0 heterocycles. The molecule has 150 valence electrons. The number of hydrogen-bond donors (Lipinski definition) is 2. The minimum absolute atomic E-state index is 0.102. The van der Waals surface area contributed by atoms with Crippen LogP contribution >= 0.6 is 0 Å². The molecule has 2 N–H and O–H groups in total. The van der Waals surface area contributed by atoms with Gasteiger partial charge in [-0.1, -0.05) is 72.8 Å². The lowest BCUT2D eigenvalue weighted by Crippen LogP contribution is -1.99. The molecule has 0 fully saturated rings. The van der Waals surface area contributed by atoms with Crippen LogP contribution in [0, 0.1) is 0 Å². The van der Waals surface area contributed by atoms with Crippen LogP contribution in [0.2, 0.25) is 0 Å². The summed E-state index contributed by atoms with van der Waals surface area (Å²) in [6.07, 6.45) is 1.19.